The van der Waals surface area contributed by atoms with Gasteiger partial charge in [-0.25, -0.2) is 9.89 Å². The zero-order chi connectivity index (χ0) is 24.6. The monoisotopic (exact) mass is 466 g/mol. The molecule has 0 spiro atoms. The zero-order valence-corrected chi connectivity index (χ0v) is 18.5. The predicted octanol–water partition coefficient (Wildman–Crippen LogP) is 2.87. The van der Waals surface area contributed by atoms with E-state index in [-0.39, 0.29) is 22.5 Å². The number of hydrogen-bond acceptors (Lipinski definition) is 9. The number of esters is 1. The predicted molar refractivity (Wildman–Crippen MR) is 127 cm³/mol. The Kier molecular flexibility index (Phi) is 7.02. The summed E-state index contributed by atoms with van der Waals surface area (Å²) in [6, 6.07) is 17.0. The van der Waals surface area contributed by atoms with Crippen LogP contribution in [0.1, 0.15) is 26.5 Å². The summed E-state index contributed by atoms with van der Waals surface area (Å²) in [6.45, 7) is 0. The highest BCUT2D eigenvalue weighted by Gasteiger charge is 2.20. The largest absolute Gasteiger partial charge is 0.465 e. The van der Waals surface area contributed by atoms with Gasteiger partial charge in [0.25, 0.3) is 5.56 Å². The number of aromatic nitrogens is 6. The summed E-state index contributed by atoms with van der Waals surface area (Å²) in [5.41, 5.74) is 2.01. The van der Waals surface area contributed by atoms with Crippen molar-refractivity contribution in [2.45, 2.75) is 0 Å². The van der Waals surface area contributed by atoms with Gasteiger partial charge in [0.2, 0.25) is 5.78 Å². The summed E-state index contributed by atoms with van der Waals surface area (Å²) in [5, 5.41) is 6.99. The first-order chi connectivity index (χ1) is 17.1. The van der Waals surface area contributed by atoms with Gasteiger partial charge in [0.05, 0.1) is 23.8 Å². The van der Waals surface area contributed by atoms with Crippen molar-refractivity contribution in [2.75, 3.05) is 7.11 Å². The summed E-state index contributed by atoms with van der Waals surface area (Å²) in [6.07, 6.45) is 6.27. The number of fused-ring (bicyclic) bond motifs is 1. The van der Waals surface area contributed by atoms with E-state index in [9.17, 15) is 14.4 Å². The number of methoxy groups -OCH3 is 1. The van der Waals surface area contributed by atoms with Crippen molar-refractivity contribution in [1.29, 1.82) is 0 Å². The highest BCUT2D eigenvalue weighted by molar-refractivity contribution is 6.12. The molecule has 0 aliphatic carbocycles. The molecule has 0 saturated carbocycles. The van der Waals surface area contributed by atoms with Crippen LogP contribution in [0.2, 0.25) is 0 Å². The Morgan fingerprint density at radius 3 is 2.23 bits per heavy atom. The number of carbonyl (C=O) groups excluding carboxylic acids is 2. The van der Waals surface area contributed by atoms with Crippen LogP contribution in [0, 0.1) is 0 Å². The molecule has 5 aromatic heterocycles. The molecule has 0 aromatic carbocycles. The van der Waals surface area contributed by atoms with E-state index in [0.29, 0.717) is 22.3 Å². The number of pyridine rings is 4. The molecule has 10 nitrogen and oxygen atoms in total. The zero-order valence-electron chi connectivity index (χ0n) is 18.5. The molecule has 0 saturated heterocycles. The van der Waals surface area contributed by atoms with Crippen LogP contribution in [0.3, 0.4) is 0 Å². The molecule has 0 unspecified atom stereocenters. The summed E-state index contributed by atoms with van der Waals surface area (Å²) < 4.78 is 4.61. The molecular formula is C25H18N6O4. The Morgan fingerprint density at radius 2 is 1.51 bits per heavy atom. The first-order valence-electron chi connectivity index (χ1n) is 10.3. The fourth-order valence-corrected chi connectivity index (χ4v) is 3.16. The molecule has 5 aromatic rings. The van der Waals surface area contributed by atoms with Gasteiger partial charge in [-0.2, -0.15) is 5.10 Å². The smallest absolute Gasteiger partial charge is 0.340 e. The number of ether oxygens (including phenoxy) is 1. The maximum atomic E-state index is 12.2. The van der Waals surface area contributed by atoms with E-state index < -0.39 is 11.8 Å². The Bertz CT molecular complexity index is 1540. The average molecular weight is 466 g/mol. The molecule has 35 heavy (non-hydrogen) atoms. The SMILES string of the molecule is COC(=O)c1cccnc1C(=O)c1ccccn1.O=c1[nH]nc(-c2ccccn2)c2ncccc12. The van der Waals surface area contributed by atoms with E-state index in [1.807, 2.05) is 18.2 Å². The standard InChI is InChI=1S/C13H10N2O3.C12H8N4O/c1-18-13(17)9-5-4-8-15-11(9)12(16)10-6-2-3-7-14-10;17-12-8-4-3-7-14-10(8)11(15-16-12)9-5-1-2-6-13-9/h2-8H,1H3;1-7H,(H,16,17). The van der Waals surface area contributed by atoms with Crippen molar-refractivity contribution < 1.29 is 14.3 Å². The number of rotatable bonds is 4. The molecule has 0 amide bonds. The fourth-order valence-electron chi connectivity index (χ4n) is 3.16. The number of nitrogens with zero attached hydrogens (tertiary/aromatic N) is 5. The highest BCUT2D eigenvalue weighted by Crippen LogP contribution is 2.19. The number of hydrogen-bond donors (Lipinski definition) is 1. The minimum absolute atomic E-state index is 0.0445. The number of H-pyrrole nitrogens is 1. The Morgan fingerprint density at radius 1 is 0.800 bits per heavy atom. The van der Waals surface area contributed by atoms with Crippen LogP contribution in [0.15, 0.2) is 90.2 Å². The summed E-state index contributed by atoms with van der Waals surface area (Å²) in [5.74, 6) is -1.00. The number of aromatic amines is 1. The van der Waals surface area contributed by atoms with Gasteiger partial charge in [-0.15, -0.1) is 0 Å². The van der Waals surface area contributed by atoms with Gasteiger partial charge in [-0.05, 0) is 48.5 Å². The van der Waals surface area contributed by atoms with Crippen molar-refractivity contribution in [3.05, 3.63) is 113 Å². The fraction of sp³-hybridized carbons (Fsp3) is 0.0400. The third-order valence-electron chi connectivity index (χ3n) is 4.78. The molecule has 5 rings (SSSR count). The van der Waals surface area contributed by atoms with Gasteiger partial charge < -0.3 is 4.74 Å². The van der Waals surface area contributed by atoms with Crippen LogP contribution >= 0.6 is 0 Å². The van der Waals surface area contributed by atoms with Crippen molar-refractivity contribution in [2.24, 2.45) is 0 Å². The van der Waals surface area contributed by atoms with Gasteiger partial charge in [0.15, 0.2) is 0 Å². The molecule has 0 bridgehead atoms. The van der Waals surface area contributed by atoms with Crippen LogP contribution in [0.25, 0.3) is 22.3 Å². The van der Waals surface area contributed by atoms with E-state index in [0.717, 1.165) is 0 Å². The molecule has 0 aliphatic heterocycles. The van der Waals surface area contributed by atoms with Gasteiger partial charge in [0, 0.05) is 24.8 Å². The van der Waals surface area contributed by atoms with Gasteiger partial charge in [-0.3, -0.25) is 29.5 Å². The highest BCUT2D eigenvalue weighted by atomic mass is 16.5. The van der Waals surface area contributed by atoms with Crippen molar-refractivity contribution in [3.63, 3.8) is 0 Å². The minimum Gasteiger partial charge on any atom is -0.465 e. The second kappa shape index (κ2) is 10.7. The van der Waals surface area contributed by atoms with Crippen molar-refractivity contribution in [3.8, 4) is 11.4 Å². The van der Waals surface area contributed by atoms with Gasteiger partial charge in [-0.1, -0.05) is 12.1 Å². The summed E-state index contributed by atoms with van der Waals surface area (Å²) >= 11 is 0. The second-order valence-corrected chi connectivity index (χ2v) is 6.95. The Hall–Kier alpha value is -5.12. The van der Waals surface area contributed by atoms with Crippen LogP contribution in [0.5, 0.6) is 0 Å². The summed E-state index contributed by atoms with van der Waals surface area (Å²) in [4.78, 5) is 51.5. The van der Waals surface area contributed by atoms with Gasteiger partial charge in [0.1, 0.15) is 22.6 Å². The molecule has 0 radical (unpaired) electrons. The van der Waals surface area contributed by atoms with Crippen LogP contribution < -0.4 is 5.56 Å². The van der Waals surface area contributed by atoms with E-state index in [4.69, 9.17) is 0 Å². The van der Waals surface area contributed by atoms with Crippen molar-refractivity contribution >= 4 is 22.7 Å². The maximum Gasteiger partial charge on any atom is 0.340 e. The van der Waals surface area contributed by atoms with Gasteiger partial charge >= 0.3 is 5.97 Å². The number of carbonyl (C=O) groups is 2. The molecule has 0 fully saturated rings. The lowest BCUT2D eigenvalue weighted by Gasteiger charge is -2.04. The lowest BCUT2D eigenvalue weighted by molar-refractivity contribution is 0.0596. The van der Waals surface area contributed by atoms with Crippen LogP contribution in [-0.4, -0.2) is 49.0 Å². The molecule has 0 atom stereocenters. The number of nitrogens with one attached hydrogen (secondary N) is 1. The van der Waals surface area contributed by atoms with E-state index in [1.165, 1.54) is 25.6 Å². The minimum atomic E-state index is -0.595. The lowest BCUT2D eigenvalue weighted by atomic mass is 10.1. The lowest BCUT2D eigenvalue weighted by Crippen LogP contribution is -2.14. The Balaban J connectivity index is 0.000000165. The maximum absolute atomic E-state index is 12.2. The Labute approximate surface area is 198 Å². The second-order valence-electron chi connectivity index (χ2n) is 6.95. The van der Waals surface area contributed by atoms with E-state index >= 15 is 0 Å². The van der Waals surface area contributed by atoms with E-state index in [2.05, 4.69) is 34.9 Å². The summed E-state index contributed by atoms with van der Waals surface area (Å²) in [7, 11) is 1.25. The van der Waals surface area contributed by atoms with Crippen molar-refractivity contribution in [1.82, 2.24) is 30.1 Å². The first kappa shape index (κ1) is 23.1. The molecular weight excluding hydrogens is 448 g/mol. The average Bonchev–Trinajstić information content (AvgIpc) is 2.94. The third kappa shape index (κ3) is 5.11. The van der Waals surface area contributed by atoms with Crippen LogP contribution in [0.4, 0.5) is 0 Å². The molecule has 10 heteroatoms. The quantitative estimate of drug-likeness (QED) is 0.313. The normalized spacial score (nSPS) is 10.2. The molecule has 1 N–H and O–H groups in total. The molecule has 5 heterocycles. The molecule has 172 valence electrons. The number of ketones is 1. The third-order valence-corrected chi connectivity index (χ3v) is 4.78. The first-order valence-corrected chi connectivity index (χ1v) is 10.3. The van der Waals surface area contributed by atoms with E-state index in [1.54, 1.807) is 48.8 Å². The topological polar surface area (TPSA) is 141 Å². The molecule has 0 aliphatic rings. The van der Waals surface area contributed by atoms with Crippen LogP contribution in [-0.2, 0) is 4.74 Å².